The fourth-order valence-corrected chi connectivity index (χ4v) is 3.33. The molecule has 150 valence electrons. The van der Waals surface area contributed by atoms with Crippen LogP contribution in [0.1, 0.15) is 27.8 Å². The predicted octanol–water partition coefficient (Wildman–Crippen LogP) is 3.23. The highest BCUT2D eigenvalue weighted by Crippen LogP contribution is 2.20. The number of nitrogens with zero attached hydrogens (tertiary/aromatic N) is 3. The molecular formula is C22H23ClN4O2. The van der Waals surface area contributed by atoms with E-state index >= 15 is 0 Å². The summed E-state index contributed by atoms with van der Waals surface area (Å²) in [5, 5.41) is 7.62. The van der Waals surface area contributed by atoms with Gasteiger partial charge in [-0.05, 0) is 38.7 Å². The minimum absolute atomic E-state index is 0.0311. The molecule has 1 heterocycles. The second kappa shape index (κ2) is 9.03. The maximum atomic E-state index is 12.8. The van der Waals surface area contributed by atoms with Crippen molar-refractivity contribution in [3.05, 3.63) is 92.9 Å². The standard InChI is InChI=1S/C22H23ClN4O2/c1-15-13-20(28)21(25-27(15)18-12-8-7-11-17(18)23)22(29)24-14-19(26(2)3)16-9-5-4-6-10-16/h4-13,19H,14H2,1-3H3,(H,24,29)/t19-/m1/s1. The van der Waals surface area contributed by atoms with Gasteiger partial charge < -0.3 is 10.2 Å². The molecule has 0 bridgehead atoms. The number of carbonyl (C=O) groups is 1. The first kappa shape index (κ1) is 20.8. The van der Waals surface area contributed by atoms with Gasteiger partial charge in [-0.15, -0.1) is 0 Å². The van der Waals surface area contributed by atoms with E-state index in [1.807, 2.05) is 61.5 Å². The van der Waals surface area contributed by atoms with Crippen molar-refractivity contribution in [2.75, 3.05) is 20.6 Å². The Morgan fingerprint density at radius 2 is 1.79 bits per heavy atom. The summed E-state index contributed by atoms with van der Waals surface area (Å²) < 4.78 is 1.51. The molecule has 0 saturated carbocycles. The maximum Gasteiger partial charge on any atom is 0.275 e. The summed E-state index contributed by atoms with van der Waals surface area (Å²) in [4.78, 5) is 27.2. The number of halogens is 1. The summed E-state index contributed by atoms with van der Waals surface area (Å²) in [7, 11) is 3.89. The zero-order valence-electron chi connectivity index (χ0n) is 16.6. The summed E-state index contributed by atoms with van der Waals surface area (Å²) in [6.45, 7) is 2.09. The number of nitrogens with one attached hydrogen (secondary N) is 1. The lowest BCUT2D eigenvalue weighted by Crippen LogP contribution is -2.37. The molecule has 0 aliphatic rings. The van der Waals surface area contributed by atoms with Crippen LogP contribution in [0.15, 0.2) is 65.5 Å². The fourth-order valence-electron chi connectivity index (χ4n) is 3.12. The summed E-state index contributed by atoms with van der Waals surface area (Å²) >= 11 is 6.26. The summed E-state index contributed by atoms with van der Waals surface area (Å²) in [6, 6.07) is 18.4. The van der Waals surface area contributed by atoms with E-state index in [1.165, 1.54) is 10.7 Å². The van der Waals surface area contributed by atoms with Crippen molar-refractivity contribution in [1.82, 2.24) is 20.0 Å². The molecule has 0 unspecified atom stereocenters. The number of hydrogen-bond acceptors (Lipinski definition) is 4. The Bertz CT molecular complexity index is 1060. The van der Waals surface area contributed by atoms with Crippen LogP contribution in [0.5, 0.6) is 0 Å². The van der Waals surface area contributed by atoms with E-state index in [1.54, 1.807) is 19.1 Å². The molecule has 29 heavy (non-hydrogen) atoms. The molecule has 1 amide bonds. The van der Waals surface area contributed by atoms with Crippen LogP contribution in [0.4, 0.5) is 0 Å². The molecule has 3 aromatic rings. The van der Waals surface area contributed by atoms with Gasteiger partial charge in [-0.25, -0.2) is 4.68 Å². The number of amides is 1. The molecule has 0 spiro atoms. The first-order valence-electron chi connectivity index (χ1n) is 9.24. The molecule has 0 aliphatic heterocycles. The number of rotatable bonds is 6. The van der Waals surface area contributed by atoms with Crippen LogP contribution in [0, 0.1) is 6.92 Å². The second-order valence-electron chi connectivity index (χ2n) is 6.96. The van der Waals surface area contributed by atoms with E-state index in [4.69, 9.17) is 11.6 Å². The second-order valence-corrected chi connectivity index (χ2v) is 7.37. The molecule has 0 saturated heterocycles. The Labute approximate surface area is 174 Å². The van der Waals surface area contributed by atoms with Gasteiger partial charge in [0.15, 0.2) is 5.69 Å². The average Bonchev–Trinajstić information content (AvgIpc) is 2.69. The van der Waals surface area contributed by atoms with Gasteiger partial charge in [0.2, 0.25) is 5.43 Å². The van der Waals surface area contributed by atoms with E-state index in [-0.39, 0.29) is 11.7 Å². The number of carbonyl (C=O) groups excluding carboxylic acids is 1. The van der Waals surface area contributed by atoms with Crippen molar-refractivity contribution in [2.24, 2.45) is 0 Å². The third kappa shape index (κ3) is 4.72. The number of aromatic nitrogens is 2. The normalized spacial score (nSPS) is 12.0. The highest BCUT2D eigenvalue weighted by molar-refractivity contribution is 6.32. The molecule has 3 rings (SSSR count). The van der Waals surface area contributed by atoms with Crippen molar-refractivity contribution >= 4 is 17.5 Å². The minimum Gasteiger partial charge on any atom is -0.349 e. The van der Waals surface area contributed by atoms with Crippen molar-refractivity contribution in [3.8, 4) is 5.69 Å². The SMILES string of the molecule is Cc1cc(=O)c(C(=O)NC[C@H](c2ccccc2)N(C)C)nn1-c1ccccc1Cl. The minimum atomic E-state index is -0.515. The first-order valence-corrected chi connectivity index (χ1v) is 9.61. The van der Waals surface area contributed by atoms with Gasteiger partial charge in [0, 0.05) is 18.3 Å². The molecule has 0 radical (unpaired) electrons. The van der Waals surface area contributed by atoms with Gasteiger partial charge in [-0.1, -0.05) is 54.1 Å². The van der Waals surface area contributed by atoms with Crippen LogP contribution in [0.2, 0.25) is 5.02 Å². The van der Waals surface area contributed by atoms with E-state index in [9.17, 15) is 9.59 Å². The van der Waals surface area contributed by atoms with E-state index in [0.29, 0.717) is 22.9 Å². The number of likely N-dealkylation sites (N-methyl/N-ethyl adjacent to an activating group) is 1. The average molecular weight is 411 g/mol. The van der Waals surface area contributed by atoms with Crippen LogP contribution >= 0.6 is 11.6 Å². The summed E-state index contributed by atoms with van der Waals surface area (Å²) in [5.74, 6) is -0.515. The van der Waals surface area contributed by atoms with Gasteiger partial charge in [0.25, 0.3) is 5.91 Å². The van der Waals surface area contributed by atoms with E-state index in [2.05, 4.69) is 10.4 Å². The van der Waals surface area contributed by atoms with Crippen molar-refractivity contribution in [3.63, 3.8) is 0 Å². The van der Waals surface area contributed by atoms with E-state index < -0.39 is 11.3 Å². The molecule has 0 fully saturated rings. The number of aryl methyl sites for hydroxylation is 1. The Kier molecular flexibility index (Phi) is 6.46. The fraction of sp³-hybridized carbons (Fsp3) is 0.227. The van der Waals surface area contributed by atoms with Gasteiger partial charge >= 0.3 is 0 Å². The highest BCUT2D eigenvalue weighted by Gasteiger charge is 2.19. The molecular weight excluding hydrogens is 388 g/mol. The number of benzene rings is 2. The van der Waals surface area contributed by atoms with Crippen LogP contribution in [-0.2, 0) is 0 Å². The number of hydrogen-bond donors (Lipinski definition) is 1. The molecule has 0 aliphatic carbocycles. The smallest absolute Gasteiger partial charge is 0.275 e. The third-order valence-corrected chi connectivity index (χ3v) is 4.99. The Morgan fingerprint density at radius 3 is 2.45 bits per heavy atom. The molecule has 1 atom stereocenters. The Hall–Kier alpha value is -2.96. The van der Waals surface area contributed by atoms with Crippen LogP contribution < -0.4 is 10.7 Å². The third-order valence-electron chi connectivity index (χ3n) is 4.67. The topological polar surface area (TPSA) is 67.2 Å². The Balaban J connectivity index is 1.87. The molecule has 6 nitrogen and oxygen atoms in total. The van der Waals surface area contributed by atoms with Gasteiger partial charge in [-0.2, -0.15) is 5.10 Å². The monoisotopic (exact) mass is 410 g/mol. The van der Waals surface area contributed by atoms with E-state index in [0.717, 1.165) is 5.56 Å². The first-order chi connectivity index (χ1) is 13.9. The zero-order valence-corrected chi connectivity index (χ0v) is 17.3. The molecule has 7 heteroatoms. The largest absolute Gasteiger partial charge is 0.349 e. The number of para-hydroxylation sites is 1. The quantitative estimate of drug-likeness (QED) is 0.677. The highest BCUT2D eigenvalue weighted by atomic mass is 35.5. The van der Waals surface area contributed by atoms with Crippen molar-refractivity contribution in [2.45, 2.75) is 13.0 Å². The molecule has 1 N–H and O–H groups in total. The van der Waals surface area contributed by atoms with Crippen molar-refractivity contribution < 1.29 is 4.79 Å². The lowest BCUT2D eigenvalue weighted by Gasteiger charge is -2.25. The van der Waals surface area contributed by atoms with Crippen LogP contribution in [0.3, 0.4) is 0 Å². The van der Waals surface area contributed by atoms with Gasteiger partial charge in [0.1, 0.15) is 0 Å². The van der Waals surface area contributed by atoms with Gasteiger partial charge in [-0.3, -0.25) is 9.59 Å². The van der Waals surface area contributed by atoms with Gasteiger partial charge in [0.05, 0.1) is 16.8 Å². The zero-order chi connectivity index (χ0) is 21.0. The van der Waals surface area contributed by atoms with Crippen LogP contribution in [-0.4, -0.2) is 41.2 Å². The summed E-state index contributed by atoms with van der Waals surface area (Å²) in [5.41, 5.74) is 1.68. The molecule has 1 aromatic heterocycles. The maximum absolute atomic E-state index is 12.8. The Morgan fingerprint density at radius 1 is 1.14 bits per heavy atom. The summed E-state index contributed by atoms with van der Waals surface area (Å²) in [6.07, 6.45) is 0. The van der Waals surface area contributed by atoms with Crippen molar-refractivity contribution in [1.29, 1.82) is 0 Å². The lowest BCUT2D eigenvalue weighted by atomic mass is 10.1. The predicted molar refractivity (Wildman–Crippen MR) is 115 cm³/mol. The molecule has 2 aromatic carbocycles. The van der Waals surface area contributed by atoms with Crippen LogP contribution in [0.25, 0.3) is 5.69 Å². The lowest BCUT2D eigenvalue weighted by molar-refractivity contribution is 0.0934.